The summed E-state index contributed by atoms with van der Waals surface area (Å²) in [7, 11) is 0. The highest BCUT2D eigenvalue weighted by molar-refractivity contribution is 8.21. The lowest BCUT2D eigenvalue weighted by Crippen LogP contribution is -2.34. The van der Waals surface area contributed by atoms with E-state index in [-0.39, 0.29) is 0 Å². The maximum Gasteiger partial charge on any atom is 0.0118 e. The molecule has 1 fully saturated rings. The molecule has 2 aromatic carbocycles. The molecule has 0 aliphatic carbocycles. The Bertz CT molecular complexity index is 577. The van der Waals surface area contributed by atoms with Crippen molar-refractivity contribution in [2.45, 2.75) is 19.3 Å². The first-order valence-corrected chi connectivity index (χ1v) is 11.2. The van der Waals surface area contributed by atoms with Crippen molar-refractivity contribution in [3.63, 3.8) is 0 Å². The van der Waals surface area contributed by atoms with Crippen LogP contribution in [0.3, 0.4) is 0 Å². The van der Waals surface area contributed by atoms with Crippen LogP contribution in [0.1, 0.15) is 19.3 Å². The molecular weight excluding hydrogens is 305 g/mol. The number of rotatable bonds is 5. The summed E-state index contributed by atoms with van der Waals surface area (Å²) in [5, 5.41) is 2.71. The van der Waals surface area contributed by atoms with Crippen LogP contribution in [0.15, 0.2) is 60.7 Å². The Morgan fingerprint density at radius 1 is 0.773 bits per heavy atom. The van der Waals surface area contributed by atoms with Gasteiger partial charge >= 0.3 is 0 Å². The van der Waals surface area contributed by atoms with E-state index in [1.54, 1.807) is 0 Å². The summed E-state index contributed by atoms with van der Waals surface area (Å²) in [6, 6.07) is 19.9. The summed E-state index contributed by atoms with van der Waals surface area (Å²) in [5.41, 5.74) is 0. The minimum absolute atomic E-state index is 1.11. The predicted octanol–water partition coefficient (Wildman–Crippen LogP) is 3.60. The first-order chi connectivity index (χ1) is 10.8. The molecule has 2 aromatic rings. The topological polar surface area (TPSA) is 3.24 Å². The van der Waals surface area contributed by atoms with Crippen molar-refractivity contribution in [2.24, 2.45) is 0 Å². The van der Waals surface area contributed by atoms with Gasteiger partial charge in [0.15, 0.2) is 0 Å². The van der Waals surface area contributed by atoms with Crippen molar-refractivity contribution < 1.29 is 0 Å². The van der Waals surface area contributed by atoms with E-state index in [2.05, 4.69) is 65.6 Å². The summed E-state index contributed by atoms with van der Waals surface area (Å²) < 4.78 is 0. The van der Waals surface area contributed by atoms with Crippen molar-refractivity contribution >= 4 is 28.5 Å². The predicted molar refractivity (Wildman–Crippen MR) is 102 cm³/mol. The van der Waals surface area contributed by atoms with Crippen LogP contribution >= 0.6 is 6.04 Å². The lowest BCUT2D eigenvalue weighted by atomic mass is 10.1. The Kier molecular flexibility index (Phi) is 5.46. The van der Waals surface area contributed by atoms with Crippen LogP contribution in [-0.2, 0) is 11.8 Å². The van der Waals surface area contributed by atoms with Crippen LogP contribution in [0.2, 0.25) is 0 Å². The summed E-state index contributed by atoms with van der Waals surface area (Å²) in [6.45, 7) is 3.64. The molecule has 0 N–H and O–H groups in total. The number of likely N-dealkylation sites (tertiary alicyclic amines) is 1. The second-order valence-corrected chi connectivity index (χ2v) is 10.9. The molecule has 0 radical (unpaired) electrons. The van der Waals surface area contributed by atoms with E-state index in [4.69, 9.17) is 11.8 Å². The second-order valence-electron chi connectivity index (χ2n) is 6.04. The van der Waals surface area contributed by atoms with Gasteiger partial charge in [0.2, 0.25) is 0 Å². The van der Waals surface area contributed by atoms with Gasteiger partial charge in [0.05, 0.1) is 0 Å². The number of benzene rings is 2. The molecule has 1 aliphatic rings. The smallest absolute Gasteiger partial charge is 0.0118 e. The Morgan fingerprint density at radius 2 is 1.27 bits per heavy atom. The largest absolute Gasteiger partial charge is 0.303 e. The molecule has 0 saturated carbocycles. The maximum absolute atomic E-state index is 6.29. The van der Waals surface area contributed by atoms with Gasteiger partial charge in [-0.2, -0.15) is 0 Å². The third-order valence-corrected chi connectivity index (χ3v) is 9.43. The molecule has 0 spiro atoms. The average Bonchev–Trinajstić information content (AvgIpc) is 2.62. The van der Waals surface area contributed by atoms with Gasteiger partial charge in [-0.25, -0.2) is 0 Å². The molecule has 0 unspecified atom stereocenters. The number of nitrogens with zero attached hydrogens (tertiary/aromatic N) is 1. The van der Waals surface area contributed by atoms with Gasteiger partial charge in [0.25, 0.3) is 0 Å². The zero-order valence-corrected chi connectivity index (χ0v) is 14.7. The Morgan fingerprint density at radius 3 is 1.77 bits per heavy atom. The normalized spacial score (nSPS) is 16.5. The van der Waals surface area contributed by atoms with E-state index in [0.717, 1.165) is 12.7 Å². The summed E-state index contributed by atoms with van der Waals surface area (Å²) >= 11 is 6.29. The quantitative estimate of drug-likeness (QED) is 0.771. The fraction of sp³-hybridized carbons (Fsp3) is 0.368. The minimum atomic E-state index is -1.70. The van der Waals surface area contributed by atoms with Crippen molar-refractivity contribution in [3.05, 3.63) is 60.7 Å². The van der Waals surface area contributed by atoms with Gasteiger partial charge in [0.1, 0.15) is 0 Å². The van der Waals surface area contributed by atoms with Crippen molar-refractivity contribution in [1.82, 2.24) is 4.90 Å². The van der Waals surface area contributed by atoms with Gasteiger partial charge < -0.3 is 4.90 Å². The Balaban J connectivity index is 1.85. The first-order valence-electron chi connectivity index (χ1n) is 8.22. The lowest BCUT2D eigenvalue weighted by Gasteiger charge is -2.30. The third-order valence-electron chi connectivity index (χ3n) is 4.53. The molecule has 3 rings (SSSR count). The standard InChI is InChI=1S/C19H24NPS/c22-21(18-10-4-1-5-11-18,19-12-6-2-7-13-19)17-16-20-14-8-3-9-15-20/h1-2,4-7,10-13H,3,8-9,14-17H2. The van der Waals surface area contributed by atoms with Crippen LogP contribution in [0.25, 0.3) is 0 Å². The van der Waals surface area contributed by atoms with Crippen LogP contribution in [0.4, 0.5) is 0 Å². The molecule has 1 nitrogen and oxygen atoms in total. The fourth-order valence-electron chi connectivity index (χ4n) is 3.21. The van der Waals surface area contributed by atoms with Crippen molar-refractivity contribution in [1.29, 1.82) is 0 Å². The average molecular weight is 329 g/mol. The summed E-state index contributed by atoms with van der Waals surface area (Å²) in [5.74, 6) is 0. The molecule has 0 bridgehead atoms. The highest BCUT2D eigenvalue weighted by atomic mass is 32.4. The van der Waals surface area contributed by atoms with Crippen LogP contribution < -0.4 is 10.6 Å². The summed E-state index contributed by atoms with van der Waals surface area (Å²) in [4.78, 5) is 2.61. The third kappa shape index (κ3) is 3.68. The van der Waals surface area contributed by atoms with Gasteiger partial charge in [-0.1, -0.05) is 78.9 Å². The van der Waals surface area contributed by atoms with E-state index in [1.807, 2.05) is 0 Å². The highest BCUT2D eigenvalue weighted by Crippen LogP contribution is 2.43. The first kappa shape index (κ1) is 15.9. The molecule has 0 aromatic heterocycles. The zero-order valence-electron chi connectivity index (χ0n) is 13.0. The molecule has 116 valence electrons. The molecule has 1 saturated heterocycles. The Hall–Kier alpha value is -0.950. The Labute approximate surface area is 139 Å². The molecule has 0 amide bonds. The SMILES string of the molecule is S=P(CCN1CCCCC1)(c1ccccc1)c1ccccc1. The van der Waals surface area contributed by atoms with Gasteiger partial charge in [-0.05, 0) is 42.7 Å². The number of piperidine rings is 1. The molecule has 22 heavy (non-hydrogen) atoms. The van der Waals surface area contributed by atoms with Crippen molar-refractivity contribution in [2.75, 3.05) is 25.8 Å². The van der Waals surface area contributed by atoms with E-state index in [9.17, 15) is 0 Å². The molecule has 1 heterocycles. The van der Waals surface area contributed by atoms with Crippen LogP contribution in [-0.4, -0.2) is 30.7 Å². The molecule has 1 aliphatic heterocycles. The highest BCUT2D eigenvalue weighted by Gasteiger charge is 2.23. The van der Waals surface area contributed by atoms with E-state index < -0.39 is 6.04 Å². The van der Waals surface area contributed by atoms with Gasteiger partial charge in [0, 0.05) is 12.6 Å². The lowest BCUT2D eigenvalue weighted by molar-refractivity contribution is 0.242. The molecule has 0 atom stereocenters. The monoisotopic (exact) mass is 329 g/mol. The molecular formula is C19H24NPS. The van der Waals surface area contributed by atoms with Gasteiger partial charge in [-0.3, -0.25) is 0 Å². The fourth-order valence-corrected chi connectivity index (χ4v) is 6.87. The van der Waals surface area contributed by atoms with E-state index in [1.165, 1.54) is 43.0 Å². The van der Waals surface area contributed by atoms with Crippen LogP contribution in [0.5, 0.6) is 0 Å². The van der Waals surface area contributed by atoms with Crippen LogP contribution in [0, 0.1) is 0 Å². The van der Waals surface area contributed by atoms with E-state index in [0.29, 0.717) is 0 Å². The number of hydrogen-bond acceptors (Lipinski definition) is 2. The maximum atomic E-state index is 6.29. The molecule has 3 heteroatoms. The minimum Gasteiger partial charge on any atom is -0.303 e. The zero-order chi connectivity index (χ0) is 15.3. The van der Waals surface area contributed by atoms with Crippen molar-refractivity contribution in [3.8, 4) is 0 Å². The second kappa shape index (κ2) is 7.55. The van der Waals surface area contributed by atoms with E-state index >= 15 is 0 Å². The summed E-state index contributed by atoms with van der Waals surface area (Å²) in [6.07, 6.45) is 5.19. The number of hydrogen-bond donors (Lipinski definition) is 0. The van der Waals surface area contributed by atoms with Gasteiger partial charge in [-0.15, -0.1) is 0 Å².